The highest BCUT2D eigenvalue weighted by Gasteiger charge is 2.46. The van der Waals surface area contributed by atoms with Crippen molar-refractivity contribution in [3.8, 4) is 0 Å². The maximum Gasteiger partial charge on any atom is 0.120 e. The number of hydrogen-bond acceptors (Lipinski definition) is 1. The Balaban J connectivity index is 2.72. The number of nitrogens with one attached hydrogen (secondary N) is 1. The summed E-state index contributed by atoms with van der Waals surface area (Å²) in [5.41, 5.74) is 0.216. The van der Waals surface area contributed by atoms with Crippen molar-refractivity contribution in [2.45, 2.75) is 73.1 Å². The van der Waals surface area contributed by atoms with E-state index in [0.29, 0.717) is 0 Å². The summed E-state index contributed by atoms with van der Waals surface area (Å²) in [5, 5.41) is 0. The molecular formula is C16H30NSi. The van der Waals surface area contributed by atoms with E-state index in [1.165, 1.54) is 29.7 Å². The summed E-state index contributed by atoms with van der Waals surface area (Å²) in [5.74, 6) is 7.60. The van der Waals surface area contributed by atoms with Crippen LogP contribution >= 0.6 is 0 Å². The number of hydrogen-bond donors (Lipinski definition) is 1. The van der Waals surface area contributed by atoms with E-state index in [-0.39, 0.29) is 5.54 Å². The van der Waals surface area contributed by atoms with Crippen molar-refractivity contribution in [2.75, 3.05) is 0 Å². The van der Waals surface area contributed by atoms with Crippen molar-refractivity contribution in [2.24, 2.45) is 0 Å². The van der Waals surface area contributed by atoms with Crippen LogP contribution in [0.15, 0.2) is 0 Å². The van der Waals surface area contributed by atoms with Crippen LogP contribution in [0, 0.1) is 29.6 Å². The lowest BCUT2D eigenvalue weighted by atomic mass is 9.91. The minimum absolute atomic E-state index is 0.216. The van der Waals surface area contributed by atoms with E-state index in [9.17, 15) is 0 Å². The quantitative estimate of drug-likeness (QED) is 0.738. The van der Waals surface area contributed by atoms with Crippen molar-refractivity contribution in [1.29, 1.82) is 0 Å². The molecule has 2 heteroatoms. The highest BCUT2D eigenvalue weighted by molar-refractivity contribution is 6.75. The molecule has 0 aromatic carbocycles. The fourth-order valence-electron chi connectivity index (χ4n) is 3.06. The lowest BCUT2D eigenvalue weighted by Gasteiger charge is -2.36. The standard InChI is InChI=1S/C16H30NSi/c1-11-12(2)14(4)15(13(11)3)10-18(8,9)17-16(5,6)7/h17H,10H2,1-9H3. The van der Waals surface area contributed by atoms with Gasteiger partial charge in [-0.2, -0.15) is 0 Å². The van der Waals surface area contributed by atoms with Crippen molar-refractivity contribution >= 4 is 8.24 Å². The molecule has 0 unspecified atom stereocenters. The summed E-state index contributed by atoms with van der Waals surface area (Å²) in [6.07, 6.45) is 0. The van der Waals surface area contributed by atoms with Gasteiger partial charge in [0, 0.05) is 5.54 Å². The Hall–Kier alpha value is 0.177. The third-order valence-electron chi connectivity index (χ3n) is 3.92. The molecule has 1 N–H and O–H groups in total. The van der Waals surface area contributed by atoms with Crippen LogP contribution in [0.2, 0.25) is 19.1 Å². The lowest BCUT2D eigenvalue weighted by molar-refractivity contribution is 0.511. The molecule has 103 valence electrons. The SMILES string of the molecule is C[C]1[C](C)[C](C)[C](C[Si](C)(C)NC(C)(C)C)[C]1C. The van der Waals surface area contributed by atoms with E-state index in [4.69, 9.17) is 0 Å². The first-order valence-corrected chi connectivity index (χ1v) is 10.2. The molecule has 5 radical (unpaired) electrons. The van der Waals surface area contributed by atoms with Crippen LogP contribution in [-0.4, -0.2) is 13.8 Å². The predicted molar refractivity (Wildman–Crippen MR) is 84.1 cm³/mol. The molecule has 0 aliphatic heterocycles. The summed E-state index contributed by atoms with van der Waals surface area (Å²) in [6.45, 7) is 20.8. The second-order valence-electron chi connectivity index (χ2n) is 7.41. The van der Waals surface area contributed by atoms with Crippen LogP contribution in [0.4, 0.5) is 0 Å². The molecular weight excluding hydrogens is 234 g/mol. The Bertz CT molecular complexity index is 265. The highest BCUT2D eigenvalue weighted by atomic mass is 28.3. The van der Waals surface area contributed by atoms with E-state index < -0.39 is 8.24 Å². The van der Waals surface area contributed by atoms with Crippen LogP contribution in [-0.2, 0) is 0 Å². The average Bonchev–Trinajstić information content (AvgIpc) is 2.32. The molecule has 1 saturated carbocycles. The van der Waals surface area contributed by atoms with Gasteiger partial charge in [0.25, 0.3) is 0 Å². The molecule has 0 amide bonds. The van der Waals surface area contributed by atoms with Gasteiger partial charge >= 0.3 is 0 Å². The summed E-state index contributed by atoms with van der Waals surface area (Å²) >= 11 is 0. The van der Waals surface area contributed by atoms with E-state index in [1.54, 1.807) is 5.92 Å². The summed E-state index contributed by atoms with van der Waals surface area (Å²) in [4.78, 5) is 3.87. The fourth-order valence-corrected chi connectivity index (χ4v) is 6.60. The maximum atomic E-state index is 3.87. The molecule has 18 heavy (non-hydrogen) atoms. The first-order chi connectivity index (χ1) is 7.94. The summed E-state index contributed by atoms with van der Waals surface area (Å²) in [7, 11) is -1.40. The van der Waals surface area contributed by atoms with Gasteiger partial charge in [-0.05, 0) is 56.4 Å². The molecule has 1 fully saturated rings. The maximum absolute atomic E-state index is 3.87. The average molecular weight is 265 g/mol. The summed E-state index contributed by atoms with van der Waals surface area (Å²) in [6, 6.07) is 1.23. The molecule has 0 aromatic heterocycles. The van der Waals surface area contributed by atoms with Crippen LogP contribution in [0.1, 0.15) is 48.5 Å². The van der Waals surface area contributed by atoms with E-state index in [1.807, 2.05) is 0 Å². The molecule has 1 rings (SSSR count). The first-order valence-electron chi connectivity index (χ1n) is 6.96. The molecule has 1 nitrogen and oxygen atoms in total. The zero-order valence-electron chi connectivity index (χ0n) is 13.7. The van der Waals surface area contributed by atoms with Crippen LogP contribution in [0.5, 0.6) is 0 Å². The van der Waals surface area contributed by atoms with Crippen molar-refractivity contribution < 1.29 is 0 Å². The predicted octanol–water partition coefficient (Wildman–Crippen LogP) is 4.55. The van der Waals surface area contributed by atoms with Crippen molar-refractivity contribution in [1.82, 2.24) is 4.98 Å². The molecule has 0 atom stereocenters. The van der Waals surface area contributed by atoms with E-state index >= 15 is 0 Å². The van der Waals surface area contributed by atoms with Crippen LogP contribution in [0.25, 0.3) is 0 Å². The zero-order chi connectivity index (χ0) is 14.3. The normalized spacial score (nSPS) is 23.2. The van der Waals surface area contributed by atoms with Gasteiger partial charge in [-0.25, -0.2) is 0 Å². The van der Waals surface area contributed by atoms with Gasteiger partial charge in [0.05, 0.1) is 0 Å². The molecule has 1 aliphatic rings. The summed E-state index contributed by atoms with van der Waals surface area (Å²) < 4.78 is 0. The zero-order valence-corrected chi connectivity index (χ0v) is 14.7. The minimum atomic E-state index is -1.40. The topological polar surface area (TPSA) is 12.0 Å². The second kappa shape index (κ2) is 5.28. The Morgan fingerprint density at radius 2 is 1.22 bits per heavy atom. The van der Waals surface area contributed by atoms with Gasteiger partial charge < -0.3 is 4.98 Å². The van der Waals surface area contributed by atoms with Gasteiger partial charge in [0.15, 0.2) is 0 Å². The van der Waals surface area contributed by atoms with Gasteiger partial charge in [0.1, 0.15) is 8.24 Å². The van der Waals surface area contributed by atoms with Gasteiger partial charge in [-0.1, -0.05) is 40.8 Å². The molecule has 0 heterocycles. The smallest absolute Gasteiger partial charge is 0.120 e. The van der Waals surface area contributed by atoms with E-state index in [2.05, 4.69) is 66.5 Å². The van der Waals surface area contributed by atoms with Gasteiger partial charge in [-0.15, -0.1) is 0 Å². The molecule has 0 spiro atoms. The molecule has 0 bridgehead atoms. The Morgan fingerprint density at radius 1 is 0.833 bits per heavy atom. The van der Waals surface area contributed by atoms with Gasteiger partial charge in [0.2, 0.25) is 0 Å². The third kappa shape index (κ3) is 3.83. The largest absolute Gasteiger partial charge is 0.333 e. The number of rotatable bonds is 3. The molecule has 0 saturated heterocycles. The highest BCUT2D eigenvalue weighted by Crippen LogP contribution is 2.54. The third-order valence-corrected chi connectivity index (χ3v) is 6.59. The van der Waals surface area contributed by atoms with Crippen LogP contribution < -0.4 is 4.98 Å². The van der Waals surface area contributed by atoms with Crippen molar-refractivity contribution in [3.63, 3.8) is 0 Å². The van der Waals surface area contributed by atoms with Crippen molar-refractivity contribution in [3.05, 3.63) is 29.6 Å². The Kier molecular flexibility index (Phi) is 4.76. The van der Waals surface area contributed by atoms with E-state index in [0.717, 1.165) is 0 Å². The fraction of sp³-hybridized carbons (Fsp3) is 0.688. The monoisotopic (exact) mass is 264 g/mol. The Labute approximate surface area is 116 Å². The molecule has 0 aromatic rings. The minimum Gasteiger partial charge on any atom is -0.333 e. The lowest BCUT2D eigenvalue weighted by Crippen LogP contribution is -2.55. The molecule has 1 aliphatic carbocycles. The van der Waals surface area contributed by atoms with Gasteiger partial charge in [-0.3, -0.25) is 0 Å². The Morgan fingerprint density at radius 3 is 1.56 bits per heavy atom. The first kappa shape index (κ1) is 16.2. The van der Waals surface area contributed by atoms with Crippen LogP contribution in [0.3, 0.4) is 0 Å². The second-order valence-corrected chi connectivity index (χ2v) is 11.8.